The van der Waals surface area contributed by atoms with Crippen LogP contribution in [0.2, 0.25) is 0 Å². The van der Waals surface area contributed by atoms with Crippen molar-refractivity contribution in [3.05, 3.63) is 58.3 Å². The molecule has 0 aliphatic carbocycles. The summed E-state index contributed by atoms with van der Waals surface area (Å²) in [5, 5.41) is 5.04. The molecule has 1 aromatic carbocycles. The van der Waals surface area contributed by atoms with Gasteiger partial charge in [-0.05, 0) is 23.4 Å². The van der Waals surface area contributed by atoms with Gasteiger partial charge in [0.1, 0.15) is 0 Å². The first-order chi connectivity index (χ1) is 9.22. The van der Waals surface area contributed by atoms with Crippen LogP contribution >= 0.6 is 11.3 Å². The van der Waals surface area contributed by atoms with E-state index in [1.165, 1.54) is 0 Å². The van der Waals surface area contributed by atoms with Crippen LogP contribution in [0, 0.1) is 0 Å². The molecule has 2 aromatic rings. The summed E-state index contributed by atoms with van der Waals surface area (Å²) in [6.07, 6.45) is 0.637. The minimum Gasteiger partial charge on any atom is -0.343 e. The molecule has 19 heavy (non-hydrogen) atoms. The average Bonchev–Trinajstić information content (AvgIpc) is 2.98. The predicted octanol–water partition coefficient (Wildman–Crippen LogP) is 2.69. The van der Waals surface area contributed by atoms with Crippen molar-refractivity contribution in [2.24, 2.45) is 5.73 Å². The Morgan fingerprint density at radius 2 is 2.00 bits per heavy atom. The lowest BCUT2D eigenvalue weighted by atomic mass is 10.0. The standard InChI is InChI=1S/C15H18N2OS/c1-2-12(16)15(18)17-14(13-9-6-10-19-13)11-7-4-3-5-8-11/h3-10,12,14H,2,16H2,1H3,(H,17,18)/t12-,14?/m0/s1. The predicted molar refractivity (Wildman–Crippen MR) is 79.0 cm³/mol. The maximum absolute atomic E-state index is 12.0. The van der Waals surface area contributed by atoms with Crippen molar-refractivity contribution in [1.82, 2.24) is 5.32 Å². The lowest BCUT2D eigenvalue weighted by molar-refractivity contribution is -0.122. The number of amides is 1. The molecular formula is C15H18N2OS. The Balaban J connectivity index is 2.24. The lowest BCUT2D eigenvalue weighted by Crippen LogP contribution is -2.41. The number of rotatable bonds is 5. The van der Waals surface area contributed by atoms with Gasteiger partial charge in [-0.25, -0.2) is 0 Å². The number of nitrogens with two attached hydrogens (primary N) is 1. The van der Waals surface area contributed by atoms with Crippen LogP contribution in [0.1, 0.15) is 29.8 Å². The number of hydrogen-bond acceptors (Lipinski definition) is 3. The summed E-state index contributed by atoms with van der Waals surface area (Å²) < 4.78 is 0. The molecule has 1 aromatic heterocycles. The van der Waals surface area contributed by atoms with Gasteiger partial charge in [-0.15, -0.1) is 11.3 Å². The molecule has 1 heterocycles. The molecule has 0 fully saturated rings. The number of carbonyl (C=O) groups excluding carboxylic acids is 1. The lowest BCUT2D eigenvalue weighted by Gasteiger charge is -2.20. The third-order valence-corrected chi connectivity index (χ3v) is 3.96. The zero-order valence-electron chi connectivity index (χ0n) is 10.9. The van der Waals surface area contributed by atoms with Crippen molar-refractivity contribution >= 4 is 17.2 Å². The zero-order valence-corrected chi connectivity index (χ0v) is 11.7. The average molecular weight is 274 g/mol. The van der Waals surface area contributed by atoms with Crippen molar-refractivity contribution in [2.45, 2.75) is 25.4 Å². The minimum atomic E-state index is -0.453. The van der Waals surface area contributed by atoms with Crippen LogP contribution in [0.15, 0.2) is 47.8 Å². The summed E-state index contributed by atoms with van der Waals surface area (Å²) in [5.74, 6) is -0.107. The number of nitrogens with one attached hydrogen (secondary N) is 1. The highest BCUT2D eigenvalue weighted by Gasteiger charge is 2.20. The molecule has 0 spiro atoms. The molecule has 0 aliphatic rings. The SMILES string of the molecule is CC[C@H](N)C(=O)NC(c1ccccc1)c1cccs1. The van der Waals surface area contributed by atoms with Crippen LogP contribution in [0.4, 0.5) is 0 Å². The molecule has 3 N–H and O–H groups in total. The summed E-state index contributed by atoms with van der Waals surface area (Å²) in [4.78, 5) is 13.1. The Bertz CT molecular complexity index is 510. The van der Waals surface area contributed by atoms with Gasteiger partial charge >= 0.3 is 0 Å². The molecule has 2 atom stereocenters. The zero-order chi connectivity index (χ0) is 13.7. The largest absolute Gasteiger partial charge is 0.343 e. The second kappa shape index (κ2) is 6.50. The van der Waals surface area contributed by atoms with Crippen LogP contribution in [0.3, 0.4) is 0 Å². The van der Waals surface area contributed by atoms with Gasteiger partial charge in [-0.1, -0.05) is 43.3 Å². The molecular weight excluding hydrogens is 256 g/mol. The van der Waals surface area contributed by atoms with Crippen molar-refractivity contribution in [1.29, 1.82) is 0 Å². The smallest absolute Gasteiger partial charge is 0.237 e. The van der Waals surface area contributed by atoms with Crippen molar-refractivity contribution in [3.8, 4) is 0 Å². The van der Waals surface area contributed by atoms with Crippen molar-refractivity contribution in [2.75, 3.05) is 0 Å². The Hall–Kier alpha value is -1.65. The minimum absolute atomic E-state index is 0.107. The van der Waals surface area contributed by atoms with Crippen molar-refractivity contribution < 1.29 is 4.79 Å². The van der Waals surface area contributed by atoms with Gasteiger partial charge in [-0.3, -0.25) is 4.79 Å². The maximum Gasteiger partial charge on any atom is 0.237 e. The Labute approximate surface area is 117 Å². The summed E-state index contributed by atoms with van der Waals surface area (Å²) in [5.41, 5.74) is 6.86. The molecule has 0 saturated heterocycles. The van der Waals surface area contributed by atoms with E-state index in [9.17, 15) is 4.79 Å². The number of benzene rings is 1. The van der Waals surface area contributed by atoms with Gasteiger partial charge in [0.05, 0.1) is 12.1 Å². The monoisotopic (exact) mass is 274 g/mol. The summed E-state index contributed by atoms with van der Waals surface area (Å²) in [6, 6.07) is 13.4. The fourth-order valence-electron chi connectivity index (χ4n) is 1.85. The highest BCUT2D eigenvalue weighted by atomic mass is 32.1. The molecule has 1 amide bonds. The summed E-state index contributed by atoms with van der Waals surface area (Å²) in [7, 11) is 0. The van der Waals surface area contributed by atoms with E-state index in [0.717, 1.165) is 10.4 Å². The van der Waals surface area contributed by atoms with E-state index in [2.05, 4.69) is 5.32 Å². The van der Waals surface area contributed by atoms with Gasteiger partial charge in [0.15, 0.2) is 0 Å². The Morgan fingerprint density at radius 1 is 1.26 bits per heavy atom. The molecule has 0 aliphatic heterocycles. The van der Waals surface area contributed by atoms with Gasteiger partial charge in [0, 0.05) is 4.88 Å². The van der Waals surface area contributed by atoms with E-state index in [0.29, 0.717) is 6.42 Å². The van der Waals surface area contributed by atoms with E-state index in [1.54, 1.807) is 11.3 Å². The second-order valence-electron chi connectivity index (χ2n) is 4.38. The highest BCUT2D eigenvalue weighted by Crippen LogP contribution is 2.25. The molecule has 1 unspecified atom stereocenters. The molecule has 0 bridgehead atoms. The first kappa shape index (κ1) is 13.8. The van der Waals surface area contributed by atoms with Gasteiger partial charge in [0.2, 0.25) is 5.91 Å². The molecule has 0 radical (unpaired) electrons. The third kappa shape index (κ3) is 3.43. The van der Waals surface area contributed by atoms with Crippen LogP contribution in [0.5, 0.6) is 0 Å². The molecule has 3 nitrogen and oxygen atoms in total. The number of hydrogen-bond donors (Lipinski definition) is 2. The highest BCUT2D eigenvalue weighted by molar-refractivity contribution is 7.10. The first-order valence-corrected chi connectivity index (χ1v) is 7.24. The molecule has 2 rings (SSSR count). The van der Waals surface area contributed by atoms with Crippen LogP contribution in [0.25, 0.3) is 0 Å². The molecule has 100 valence electrons. The van der Waals surface area contributed by atoms with Crippen LogP contribution in [-0.2, 0) is 4.79 Å². The second-order valence-corrected chi connectivity index (χ2v) is 5.36. The third-order valence-electron chi connectivity index (χ3n) is 3.02. The van der Waals surface area contributed by atoms with Gasteiger partial charge in [0.25, 0.3) is 0 Å². The Kier molecular flexibility index (Phi) is 4.71. The molecule has 0 saturated carbocycles. The first-order valence-electron chi connectivity index (χ1n) is 6.36. The van der Waals surface area contributed by atoms with Gasteiger partial charge < -0.3 is 11.1 Å². The normalized spacial score (nSPS) is 13.8. The molecule has 4 heteroatoms. The van der Waals surface area contributed by atoms with Crippen LogP contribution in [-0.4, -0.2) is 11.9 Å². The number of thiophene rings is 1. The van der Waals surface area contributed by atoms with E-state index >= 15 is 0 Å². The summed E-state index contributed by atoms with van der Waals surface area (Å²) >= 11 is 1.63. The Morgan fingerprint density at radius 3 is 2.58 bits per heavy atom. The number of carbonyl (C=O) groups is 1. The van der Waals surface area contributed by atoms with Crippen LogP contribution < -0.4 is 11.1 Å². The van der Waals surface area contributed by atoms with Gasteiger partial charge in [-0.2, -0.15) is 0 Å². The fourth-order valence-corrected chi connectivity index (χ4v) is 2.66. The van der Waals surface area contributed by atoms with E-state index in [-0.39, 0.29) is 11.9 Å². The topological polar surface area (TPSA) is 55.1 Å². The fraction of sp³-hybridized carbons (Fsp3) is 0.267. The van der Waals surface area contributed by atoms with Crippen molar-refractivity contribution in [3.63, 3.8) is 0 Å². The quantitative estimate of drug-likeness (QED) is 0.880. The van der Waals surface area contributed by atoms with E-state index in [1.807, 2.05) is 54.8 Å². The van der Waals surface area contributed by atoms with E-state index < -0.39 is 6.04 Å². The maximum atomic E-state index is 12.0. The summed E-state index contributed by atoms with van der Waals surface area (Å²) in [6.45, 7) is 1.91. The van der Waals surface area contributed by atoms with E-state index in [4.69, 9.17) is 5.73 Å².